The van der Waals surface area contributed by atoms with Crippen LogP contribution in [0, 0.1) is 0 Å². The van der Waals surface area contributed by atoms with Crippen molar-refractivity contribution >= 4 is 16.5 Å². The van der Waals surface area contributed by atoms with E-state index in [4.69, 9.17) is 0 Å². The van der Waals surface area contributed by atoms with Gasteiger partial charge in [0.25, 0.3) is 0 Å². The Morgan fingerprint density at radius 1 is 1.33 bits per heavy atom. The Morgan fingerprint density at radius 3 is 2.80 bits per heavy atom. The van der Waals surface area contributed by atoms with E-state index >= 15 is 0 Å². The van der Waals surface area contributed by atoms with E-state index in [1.54, 1.807) is 5.51 Å². The average Bonchev–Trinajstić information content (AvgIpc) is 2.71. The lowest BCUT2D eigenvalue weighted by Crippen LogP contribution is -2.17. The summed E-state index contributed by atoms with van der Waals surface area (Å²) in [4.78, 5) is 0. The lowest BCUT2D eigenvalue weighted by atomic mass is 10.1. The van der Waals surface area contributed by atoms with Gasteiger partial charge in [-0.3, -0.25) is 0 Å². The van der Waals surface area contributed by atoms with Crippen LogP contribution in [0.5, 0.6) is 0 Å². The highest BCUT2D eigenvalue weighted by Crippen LogP contribution is 2.12. The molecule has 0 aliphatic carbocycles. The summed E-state index contributed by atoms with van der Waals surface area (Å²) in [5.41, 5.74) is 3.07. The van der Waals surface area contributed by atoms with E-state index in [1.165, 1.54) is 16.9 Å². The number of benzene rings is 1. The molecule has 0 radical (unpaired) electrons. The number of aromatic nitrogens is 2. The first kappa shape index (κ1) is 10.1. The fourth-order valence-electron chi connectivity index (χ4n) is 1.47. The van der Waals surface area contributed by atoms with Crippen molar-refractivity contribution in [3.8, 4) is 0 Å². The van der Waals surface area contributed by atoms with Crippen molar-refractivity contribution in [3.63, 3.8) is 0 Å². The van der Waals surface area contributed by atoms with Crippen LogP contribution >= 0.6 is 11.3 Å². The maximum absolute atomic E-state index is 3.96. The van der Waals surface area contributed by atoms with Crippen molar-refractivity contribution < 1.29 is 0 Å². The molecule has 0 amide bonds. The molecule has 0 saturated carbocycles. The molecule has 1 aromatic heterocycles. The van der Waals surface area contributed by atoms with Crippen LogP contribution in [0.1, 0.15) is 12.5 Å². The molecule has 2 aromatic rings. The maximum Gasteiger partial charge on any atom is 0.205 e. The molecular formula is C11H13N3S. The minimum Gasteiger partial charge on any atom is -0.357 e. The van der Waals surface area contributed by atoms with E-state index in [2.05, 4.69) is 46.7 Å². The number of nitrogens with zero attached hydrogens (tertiary/aromatic N) is 2. The number of hydrogen-bond donors (Lipinski definition) is 1. The average molecular weight is 219 g/mol. The third-order valence-corrected chi connectivity index (χ3v) is 2.74. The lowest BCUT2D eigenvalue weighted by Gasteiger charge is -2.11. The quantitative estimate of drug-likeness (QED) is 0.858. The fourth-order valence-corrected chi connectivity index (χ4v) is 2.02. The van der Waals surface area contributed by atoms with E-state index in [0.717, 1.165) is 11.6 Å². The van der Waals surface area contributed by atoms with Gasteiger partial charge in [-0.2, -0.15) is 0 Å². The second kappa shape index (κ2) is 4.89. The smallest absolute Gasteiger partial charge is 0.205 e. The summed E-state index contributed by atoms with van der Waals surface area (Å²) in [5.74, 6) is 0. The second-order valence-corrected chi connectivity index (χ2v) is 4.31. The van der Waals surface area contributed by atoms with Crippen LogP contribution < -0.4 is 5.32 Å². The standard InChI is InChI=1S/C11H13N3S/c1-9(13-11-14-12-8-15-11)7-10-5-3-2-4-6-10/h2-6,8-9H,7H2,1H3,(H,13,14). The highest BCUT2D eigenvalue weighted by Gasteiger charge is 2.04. The third-order valence-electron chi connectivity index (χ3n) is 2.11. The lowest BCUT2D eigenvalue weighted by molar-refractivity contribution is 0.785. The van der Waals surface area contributed by atoms with Crippen LogP contribution in [0.4, 0.5) is 5.13 Å². The second-order valence-electron chi connectivity index (χ2n) is 3.48. The molecule has 1 heterocycles. The zero-order chi connectivity index (χ0) is 10.5. The van der Waals surface area contributed by atoms with E-state index in [1.807, 2.05) is 6.07 Å². The van der Waals surface area contributed by atoms with Crippen molar-refractivity contribution in [1.29, 1.82) is 0 Å². The van der Waals surface area contributed by atoms with Gasteiger partial charge in [-0.25, -0.2) is 0 Å². The summed E-state index contributed by atoms with van der Waals surface area (Å²) < 4.78 is 0. The minimum atomic E-state index is 0.375. The third kappa shape index (κ3) is 3.02. The topological polar surface area (TPSA) is 37.8 Å². The van der Waals surface area contributed by atoms with Crippen LogP contribution in [0.3, 0.4) is 0 Å². The van der Waals surface area contributed by atoms with Gasteiger partial charge in [-0.05, 0) is 18.9 Å². The monoisotopic (exact) mass is 219 g/mol. The van der Waals surface area contributed by atoms with Gasteiger partial charge < -0.3 is 5.32 Å². The van der Waals surface area contributed by atoms with Crippen molar-refractivity contribution in [2.75, 3.05) is 5.32 Å². The molecule has 1 aromatic carbocycles. The highest BCUT2D eigenvalue weighted by atomic mass is 32.1. The van der Waals surface area contributed by atoms with Crippen molar-refractivity contribution in [2.24, 2.45) is 0 Å². The van der Waals surface area contributed by atoms with Crippen LogP contribution in [0.15, 0.2) is 35.8 Å². The van der Waals surface area contributed by atoms with Gasteiger partial charge in [0.15, 0.2) is 0 Å². The Kier molecular flexibility index (Phi) is 3.29. The molecule has 1 N–H and O–H groups in total. The normalized spacial score (nSPS) is 12.3. The first-order valence-electron chi connectivity index (χ1n) is 4.91. The van der Waals surface area contributed by atoms with Gasteiger partial charge in [0.2, 0.25) is 5.13 Å². The predicted molar refractivity (Wildman–Crippen MR) is 63.1 cm³/mol. The summed E-state index contributed by atoms with van der Waals surface area (Å²) in [6.45, 7) is 2.15. The molecule has 0 spiro atoms. The summed E-state index contributed by atoms with van der Waals surface area (Å²) in [7, 11) is 0. The predicted octanol–water partition coefficient (Wildman–Crippen LogP) is 2.58. The molecule has 1 unspecified atom stereocenters. The molecule has 1 atom stereocenters. The number of rotatable bonds is 4. The zero-order valence-corrected chi connectivity index (χ0v) is 9.37. The number of nitrogens with one attached hydrogen (secondary N) is 1. The van der Waals surface area contributed by atoms with Crippen LogP contribution in [0.2, 0.25) is 0 Å². The van der Waals surface area contributed by atoms with Gasteiger partial charge in [0.1, 0.15) is 5.51 Å². The van der Waals surface area contributed by atoms with Gasteiger partial charge in [0, 0.05) is 6.04 Å². The van der Waals surface area contributed by atoms with Crippen LogP contribution in [-0.4, -0.2) is 16.2 Å². The number of hydrogen-bond acceptors (Lipinski definition) is 4. The first-order chi connectivity index (χ1) is 7.34. The first-order valence-corrected chi connectivity index (χ1v) is 5.79. The molecule has 78 valence electrons. The molecule has 0 fully saturated rings. The van der Waals surface area contributed by atoms with E-state index in [0.29, 0.717) is 6.04 Å². The Morgan fingerprint density at radius 2 is 2.13 bits per heavy atom. The van der Waals surface area contributed by atoms with Gasteiger partial charge in [-0.15, -0.1) is 10.2 Å². The minimum absolute atomic E-state index is 0.375. The van der Waals surface area contributed by atoms with Crippen LogP contribution in [0.25, 0.3) is 0 Å². The Bertz CT molecular complexity index is 385. The molecule has 0 saturated heterocycles. The molecule has 0 bridgehead atoms. The van der Waals surface area contributed by atoms with Gasteiger partial charge in [-0.1, -0.05) is 41.7 Å². The summed E-state index contributed by atoms with van der Waals surface area (Å²) in [6.07, 6.45) is 1.00. The van der Waals surface area contributed by atoms with E-state index in [-0.39, 0.29) is 0 Å². The summed E-state index contributed by atoms with van der Waals surface area (Å²) in [6, 6.07) is 10.8. The van der Waals surface area contributed by atoms with E-state index in [9.17, 15) is 0 Å². The molecule has 0 aliphatic rings. The molecular weight excluding hydrogens is 206 g/mol. The van der Waals surface area contributed by atoms with E-state index < -0.39 is 0 Å². The SMILES string of the molecule is CC(Cc1ccccc1)Nc1nncs1. The molecule has 3 nitrogen and oxygen atoms in total. The number of anilines is 1. The molecule has 0 aliphatic heterocycles. The Hall–Kier alpha value is -1.42. The molecule has 2 rings (SSSR count). The summed E-state index contributed by atoms with van der Waals surface area (Å²) in [5, 5.41) is 11.9. The zero-order valence-electron chi connectivity index (χ0n) is 8.55. The van der Waals surface area contributed by atoms with Crippen LogP contribution in [-0.2, 0) is 6.42 Å². The molecule has 15 heavy (non-hydrogen) atoms. The molecule has 4 heteroatoms. The largest absolute Gasteiger partial charge is 0.357 e. The Labute approximate surface area is 93.2 Å². The van der Waals surface area contributed by atoms with Crippen molar-refractivity contribution in [3.05, 3.63) is 41.4 Å². The van der Waals surface area contributed by atoms with Gasteiger partial charge >= 0.3 is 0 Å². The van der Waals surface area contributed by atoms with Gasteiger partial charge in [0.05, 0.1) is 0 Å². The van der Waals surface area contributed by atoms with Crippen molar-refractivity contribution in [2.45, 2.75) is 19.4 Å². The Balaban J connectivity index is 1.90. The van der Waals surface area contributed by atoms with Crippen molar-refractivity contribution in [1.82, 2.24) is 10.2 Å². The fraction of sp³-hybridized carbons (Fsp3) is 0.273. The highest BCUT2D eigenvalue weighted by molar-refractivity contribution is 7.13. The summed E-state index contributed by atoms with van der Waals surface area (Å²) >= 11 is 1.53. The maximum atomic E-state index is 3.96.